The molecule has 212 valence electrons. The number of ether oxygens (including phenoxy) is 1. The van der Waals surface area contributed by atoms with Crippen LogP contribution < -0.4 is 4.90 Å². The van der Waals surface area contributed by atoms with E-state index in [0.717, 1.165) is 97.7 Å². The normalized spacial score (nSPS) is 21.1. The number of anilines is 1. The molecule has 0 atom stereocenters. The quantitative estimate of drug-likeness (QED) is 0.394. The SMILES string of the molecule is CS(=O)(=O)N1CCC2(CCN(Cc3cn4cc(-c5cccc6[nH]ncc56)nc(N5CCOCC5)c4n3)CC2)CC1. The van der Waals surface area contributed by atoms with Gasteiger partial charge >= 0.3 is 0 Å². The van der Waals surface area contributed by atoms with Gasteiger partial charge in [-0.1, -0.05) is 12.1 Å². The maximum Gasteiger partial charge on any atom is 0.211 e. The highest BCUT2D eigenvalue weighted by molar-refractivity contribution is 7.88. The van der Waals surface area contributed by atoms with Crippen molar-refractivity contribution in [1.29, 1.82) is 0 Å². The molecule has 3 aliphatic heterocycles. The molecule has 4 aromatic rings. The number of morpholine rings is 1. The summed E-state index contributed by atoms with van der Waals surface area (Å²) in [6.07, 6.45) is 11.6. The van der Waals surface area contributed by atoms with Crippen molar-refractivity contribution >= 4 is 32.4 Å². The molecule has 11 nitrogen and oxygen atoms in total. The highest BCUT2D eigenvalue weighted by Gasteiger charge is 2.39. The van der Waals surface area contributed by atoms with Crippen LogP contribution in [0.1, 0.15) is 31.4 Å². The summed E-state index contributed by atoms with van der Waals surface area (Å²) in [6.45, 7) is 7.05. The van der Waals surface area contributed by atoms with E-state index in [4.69, 9.17) is 14.7 Å². The first-order valence-corrected chi connectivity index (χ1v) is 16.0. The van der Waals surface area contributed by atoms with Gasteiger partial charge in [-0.3, -0.25) is 10.00 Å². The van der Waals surface area contributed by atoms with Crippen molar-refractivity contribution in [3.8, 4) is 11.3 Å². The topological polar surface area (TPSA) is 112 Å². The Hall–Kier alpha value is -3.06. The van der Waals surface area contributed by atoms with Crippen molar-refractivity contribution in [2.24, 2.45) is 5.41 Å². The van der Waals surface area contributed by atoms with E-state index in [2.05, 4.69) is 42.9 Å². The van der Waals surface area contributed by atoms with Crippen LogP contribution in [-0.2, 0) is 21.3 Å². The molecule has 6 heterocycles. The fourth-order valence-corrected chi connectivity index (χ4v) is 7.47. The molecule has 3 aliphatic rings. The highest BCUT2D eigenvalue weighted by atomic mass is 32.2. The van der Waals surface area contributed by atoms with E-state index < -0.39 is 10.0 Å². The number of H-pyrrole nitrogens is 1. The fraction of sp³-hybridized carbons (Fsp3) is 0.536. The van der Waals surface area contributed by atoms with Gasteiger partial charge in [-0.2, -0.15) is 5.10 Å². The van der Waals surface area contributed by atoms with Crippen LogP contribution in [0.15, 0.2) is 36.8 Å². The van der Waals surface area contributed by atoms with Gasteiger partial charge < -0.3 is 14.0 Å². The van der Waals surface area contributed by atoms with Crippen molar-refractivity contribution in [2.75, 3.05) is 63.6 Å². The lowest BCUT2D eigenvalue weighted by atomic mass is 9.71. The first-order valence-electron chi connectivity index (χ1n) is 14.2. The molecule has 40 heavy (non-hydrogen) atoms. The number of nitrogens with zero attached hydrogens (tertiary/aromatic N) is 7. The van der Waals surface area contributed by atoms with Crippen LogP contribution in [-0.4, -0.2) is 101 Å². The maximum atomic E-state index is 11.9. The van der Waals surface area contributed by atoms with E-state index in [0.29, 0.717) is 26.3 Å². The number of fused-ring (bicyclic) bond motifs is 2. The summed E-state index contributed by atoms with van der Waals surface area (Å²) in [5.74, 6) is 0.891. The first kappa shape index (κ1) is 25.9. The Bertz CT molecular complexity index is 1620. The van der Waals surface area contributed by atoms with Gasteiger partial charge in [0.2, 0.25) is 10.0 Å². The number of hydrogen-bond acceptors (Lipinski definition) is 8. The Morgan fingerprint density at radius 3 is 2.48 bits per heavy atom. The van der Waals surface area contributed by atoms with Gasteiger partial charge in [0.15, 0.2) is 11.5 Å². The molecular weight excluding hydrogens is 528 g/mol. The van der Waals surface area contributed by atoms with Gasteiger partial charge in [0.05, 0.1) is 42.6 Å². The molecule has 0 bridgehead atoms. The smallest absolute Gasteiger partial charge is 0.211 e. The minimum absolute atomic E-state index is 0.271. The number of imidazole rings is 1. The number of nitrogens with one attached hydrogen (secondary N) is 1. The molecule has 3 saturated heterocycles. The summed E-state index contributed by atoms with van der Waals surface area (Å²) < 4.78 is 33.3. The van der Waals surface area contributed by atoms with Crippen LogP contribution in [0.2, 0.25) is 0 Å². The van der Waals surface area contributed by atoms with Crippen LogP contribution in [0.25, 0.3) is 27.8 Å². The van der Waals surface area contributed by atoms with Crippen molar-refractivity contribution in [1.82, 2.24) is 33.8 Å². The Kier molecular flexibility index (Phi) is 6.53. The van der Waals surface area contributed by atoms with E-state index >= 15 is 0 Å². The molecule has 0 aliphatic carbocycles. The fourth-order valence-electron chi connectivity index (χ4n) is 6.62. The van der Waals surface area contributed by atoms with Crippen LogP contribution in [0.5, 0.6) is 0 Å². The van der Waals surface area contributed by atoms with Crippen molar-refractivity contribution in [2.45, 2.75) is 32.2 Å². The molecule has 1 aromatic carbocycles. The van der Waals surface area contributed by atoms with Crippen LogP contribution in [0.4, 0.5) is 5.82 Å². The molecule has 0 unspecified atom stereocenters. The maximum absolute atomic E-state index is 11.9. The van der Waals surface area contributed by atoms with Crippen LogP contribution in [0, 0.1) is 5.41 Å². The number of aromatic amines is 1. The molecule has 3 aromatic heterocycles. The summed E-state index contributed by atoms with van der Waals surface area (Å²) in [5.41, 5.74) is 5.11. The second-order valence-electron chi connectivity index (χ2n) is 11.6. The predicted octanol–water partition coefficient (Wildman–Crippen LogP) is 2.75. The largest absolute Gasteiger partial charge is 0.378 e. The van der Waals surface area contributed by atoms with Gasteiger partial charge in [-0.05, 0) is 50.3 Å². The minimum atomic E-state index is -3.09. The Morgan fingerprint density at radius 1 is 0.975 bits per heavy atom. The Balaban J connectivity index is 1.13. The zero-order valence-electron chi connectivity index (χ0n) is 22.9. The van der Waals surface area contributed by atoms with Gasteiger partial charge in [0, 0.05) is 56.1 Å². The number of aromatic nitrogens is 5. The van der Waals surface area contributed by atoms with E-state index in [1.807, 2.05) is 18.3 Å². The Morgan fingerprint density at radius 2 is 1.73 bits per heavy atom. The number of benzene rings is 1. The molecule has 12 heteroatoms. The molecular formula is C28H36N8O3S. The monoisotopic (exact) mass is 564 g/mol. The Labute approximate surface area is 234 Å². The van der Waals surface area contributed by atoms with Crippen LogP contribution >= 0.6 is 0 Å². The summed E-state index contributed by atoms with van der Waals surface area (Å²) in [5, 5.41) is 8.36. The third-order valence-electron chi connectivity index (χ3n) is 9.10. The van der Waals surface area contributed by atoms with Gasteiger partial charge in [-0.25, -0.2) is 22.7 Å². The zero-order chi connectivity index (χ0) is 27.3. The lowest BCUT2D eigenvalue weighted by molar-refractivity contribution is 0.0526. The highest BCUT2D eigenvalue weighted by Crippen LogP contribution is 2.42. The number of piperidine rings is 2. The lowest BCUT2D eigenvalue weighted by Crippen LogP contribution is -2.47. The molecule has 0 amide bonds. The number of hydrogen-bond donors (Lipinski definition) is 1. The third-order valence-corrected chi connectivity index (χ3v) is 10.4. The predicted molar refractivity (Wildman–Crippen MR) is 154 cm³/mol. The van der Waals surface area contributed by atoms with Gasteiger partial charge in [0.1, 0.15) is 0 Å². The van der Waals surface area contributed by atoms with Crippen molar-refractivity contribution in [3.63, 3.8) is 0 Å². The number of likely N-dealkylation sites (tertiary alicyclic amines) is 1. The molecule has 1 N–H and O–H groups in total. The average molecular weight is 565 g/mol. The summed E-state index contributed by atoms with van der Waals surface area (Å²) in [6, 6.07) is 6.15. The van der Waals surface area contributed by atoms with Crippen LogP contribution in [0.3, 0.4) is 0 Å². The van der Waals surface area contributed by atoms with E-state index in [1.54, 1.807) is 4.31 Å². The zero-order valence-corrected chi connectivity index (χ0v) is 23.7. The van der Waals surface area contributed by atoms with E-state index in [-0.39, 0.29) is 5.41 Å². The molecule has 0 radical (unpaired) electrons. The van der Waals surface area contributed by atoms with E-state index in [9.17, 15) is 8.42 Å². The standard InChI is InChI=1S/C28H36N8O3S/c1-40(37,38)36-11-7-28(8-12-36)5-9-33(10-6-28)18-21-19-35-20-25(22-3-2-4-24-23(22)17-29-32-24)31-27(26(35)30-21)34-13-15-39-16-14-34/h2-4,17,19-20H,5-16,18H2,1H3,(H,29,32). The first-order chi connectivity index (χ1) is 19.4. The summed E-state index contributed by atoms with van der Waals surface area (Å²) in [4.78, 5) is 15.0. The van der Waals surface area contributed by atoms with E-state index in [1.165, 1.54) is 6.26 Å². The molecule has 0 saturated carbocycles. The second kappa shape index (κ2) is 10.1. The number of sulfonamides is 1. The minimum Gasteiger partial charge on any atom is -0.378 e. The lowest BCUT2D eigenvalue weighted by Gasteiger charge is -2.46. The molecule has 1 spiro atoms. The molecule has 3 fully saturated rings. The average Bonchev–Trinajstić information content (AvgIpc) is 3.61. The second-order valence-corrected chi connectivity index (χ2v) is 13.6. The third kappa shape index (κ3) is 4.87. The number of rotatable bonds is 5. The summed E-state index contributed by atoms with van der Waals surface area (Å²) in [7, 11) is -3.09. The molecule has 7 rings (SSSR count). The van der Waals surface area contributed by atoms with Gasteiger partial charge in [0.25, 0.3) is 0 Å². The van der Waals surface area contributed by atoms with Crippen molar-refractivity contribution in [3.05, 3.63) is 42.5 Å². The van der Waals surface area contributed by atoms with Crippen molar-refractivity contribution < 1.29 is 13.2 Å². The van der Waals surface area contributed by atoms with Gasteiger partial charge in [-0.15, -0.1) is 0 Å². The summed E-state index contributed by atoms with van der Waals surface area (Å²) >= 11 is 0.